The third-order valence-electron chi connectivity index (χ3n) is 2.71. The maximum atomic E-state index is 9.03. The van der Waals surface area contributed by atoms with E-state index in [0.717, 1.165) is 5.00 Å². The monoisotopic (exact) mass is 267 g/mol. The molecule has 0 spiro atoms. The molecule has 1 atom stereocenters. The number of nitrogens with zero attached hydrogens (tertiary/aromatic N) is 1. The molecule has 4 nitrogen and oxygen atoms in total. The van der Waals surface area contributed by atoms with Crippen LogP contribution in [-0.4, -0.2) is 12.1 Å². The van der Waals surface area contributed by atoms with E-state index < -0.39 is 0 Å². The van der Waals surface area contributed by atoms with Gasteiger partial charge in [0.05, 0.1) is 6.10 Å². The first kappa shape index (κ1) is 14.7. The molecule has 1 unspecified atom stereocenters. The molecule has 1 heterocycles. The lowest BCUT2D eigenvalue weighted by molar-refractivity contribution is 0.245. The topological polar surface area (TPSA) is 71.1 Å². The predicted molar refractivity (Wildman–Crippen MR) is 77.1 cm³/mol. The molecule has 0 radical (unpaired) electrons. The maximum absolute atomic E-state index is 9.03. The summed E-state index contributed by atoms with van der Waals surface area (Å²) in [5.74, 6) is 1.10. The summed E-state index contributed by atoms with van der Waals surface area (Å²) in [5.41, 5.74) is 6.38. The van der Waals surface area contributed by atoms with Crippen LogP contribution in [0.1, 0.15) is 39.5 Å². The van der Waals surface area contributed by atoms with E-state index in [9.17, 15) is 0 Å². The van der Waals surface area contributed by atoms with Gasteiger partial charge in [0.2, 0.25) is 0 Å². The fourth-order valence-corrected chi connectivity index (χ4v) is 2.28. The number of nitrogen functional groups attached to an aromatic ring is 1. The van der Waals surface area contributed by atoms with Crippen molar-refractivity contribution in [1.29, 1.82) is 5.26 Å². The van der Waals surface area contributed by atoms with Gasteiger partial charge in [0.25, 0.3) is 0 Å². The Hall–Kier alpha value is -1.41. The zero-order chi connectivity index (χ0) is 13.9. The summed E-state index contributed by atoms with van der Waals surface area (Å²) >= 11 is 1.35. The number of hydrogen-bond acceptors (Lipinski definition) is 5. The third-order valence-corrected chi connectivity index (χ3v) is 3.74. The van der Waals surface area contributed by atoms with Gasteiger partial charge >= 0.3 is 0 Å². The second-order valence-electron chi connectivity index (χ2n) is 4.96. The SMILES string of the molecule is CC(C)Oc1c(NC(C)C(C)C)sc(C#N)c1N. The van der Waals surface area contributed by atoms with Crippen LogP contribution in [0.3, 0.4) is 0 Å². The smallest absolute Gasteiger partial charge is 0.178 e. The molecule has 18 heavy (non-hydrogen) atoms. The molecule has 1 aromatic rings. The Morgan fingerprint density at radius 3 is 2.33 bits per heavy atom. The molecule has 0 aromatic carbocycles. The molecule has 5 heteroatoms. The van der Waals surface area contributed by atoms with Gasteiger partial charge in [-0.15, -0.1) is 11.3 Å². The largest absolute Gasteiger partial charge is 0.486 e. The number of nitriles is 1. The Kier molecular flexibility index (Phi) is 4.85. The molecule has 0 amide bonds. The van der Waals surface area contributed by atoms with E-state index in [4.69, 9.17) is 15.7 Å². The number of thiophene rings is 1. The van der Waals surface area contributed by atoms with Gasteiger partial charge in [0.15, 0.2) is 5.75 Å². The normalized spacial score (nSPS) is 12.6. The first-order valence-electron chi connectivity index (χ1n) is 6.12. The van der Waals surface area contributed by atoms with Crippen molar-refractivity contribution in [3.05, 3.63) is 4.88 Å². The van der Waals surface area contributed by atoms with Crippen LogP contribution in [0, 0.1) is 17.2 Å². The van der Waals surface area contributed by atoms with Crippen molar-refractivity contribution < 1.29 is 4.74 Å². The molecule has 3 N–H and O–H groups in total. The summed E-state index contributed by atoms with van der Waals surface area (Å²) in [6, 6.07) is 2.40. The zero-order valence-corrected chi connectivity index (χ0v) is 12.4. The minimum Gasteiger partial charge on any atom is -0.486 e. The van der Waals surface area contributed by atoms with E-state index in [1.54, 1.807) is 0 Å². The van der Waals surface area contributed by atoms with Gasteiger partial charge in [-0.3, -0.25) is 0 Å². The predicted octanol–water partition coefficient (Wildman–Crippen LogP) is 3.45. The molecule has 0 saturated heterocycles. The average Bonchev–Trinajstić information content (AvgIpc) is 2.56. The van der Waals surface area contributed by atoms with Crippen molar-refractivity contribution in [2.45, 2.75) is 46.8 Å². The van der Waals surface area contributed by atoms with E-state index in [1.807, 2.05) is 13.8 Å². The Morgan fingerprint density at radius 1 is 1.28 bits per heavy atom. The average molecular weight is 267 g/mol. The fourth-order valence-electron chi connectivity index (χ4n) is 1.33. The van der Waals surface area contributed by atoms with Crippen LogP contribution in [-0.2, 0) is 0 Å². The summed E-state index contributed by atoms with van der Waals surface area (Å²) in [5, 5.41) is 13.3. The molecule has 0 aliphatic heterocycles. The lowest BCUT2D eigenvalue weighted by atomic mass is 10.1. The number of ether oxygens (including phenoxy) is 1. The Bertz CT molecular complexity index is 446. The van der Waals surface area contributed by atoms with Gasteiger partial charge in [-0.25, -0.2) is 0 Å². The minimum absolute atomic E-state index is 0.0309. The van der Waals surface area contributed by atoms with Crippen molar-refractivity contribution in [1.82, 2.24) is 0 Å². The maximum Gasteiger partial charge on any atom is 0.178 e. The second kappa shape index (κ2) is 5.96. The summed E-state index contributed by atoms with van der Waals surface area (Å²) < 4.78 is 5.71. The third kappa shape index (κ3) is 3.30. The highest BCUT2D eigenvalue weighted by atomic mass is 32.1. The Balaban J connectivity index is 3.06. The number of hydrogen-bond donors (Lipinski definition) is 2. The molecule has 100 valence electrons. The molecule has 0 aliphatic carbocycles. The van der Waals surface area contributed by atoms with E-state index >= 15 is 0 Å². The van der Waals surface area contributed by atoms with Gasteiger partial charge in [-0.05, 0) is 26.7 Å². The Labute approximate surface area is 113 Å². The van der Waals surface area contributed by atoms with E-state index in [2.05, 4.69) is 32.2 Å². The van der Waals surface area contributed by atoms with Crippen LogP contribution in [0.4, 0.5) is 10.7 Å². The van der Waals surface area contributed by atoms with Crippen molar-refractivity contribution in [3.63, 3.8) is 0 Å². The molecule has 1 rings (SSSR count). The Morgan fingerprint density at radius 2 is 1.89 bits per heavy atom. The lowest BCUT2D eigenvalue weighted by Crippen LogP contribution is -2.21. The zero-order valence-electron chi connectivity index (χ0n) is 11.6. The molecule has 0 fully saturated rings. The minimum atomic E-state index is 0.0309. The number of rotatable bonds is 5. The molecular weight excluding hydrogens is 246 g/mol. The molecular formula is C13H21N3OS. The van der Waals surface area contributed by atoms with Gasteiger partial charge in [-0.2, -0.15) is 5.26 Å². The highest BCUT2D eigenvalue weighted by Crippen LogP contribution is 2.43. The quantitative estimate of drug-likeness (QED) is 0.857. The first-order chi connectivity index (χ1) is 8.36. The number of anilines is 2. The van der Waals surface area contributed by atoms with Crippen LogP contribution in [0.15, 0.2) is 0 Å². The van der Waals surface area contributed by atoms with E-state index in [1.165, 1.54) is 11.3 Å². The van der Waals surface area contributed by atoms with E-state index in [-0.39, 0.29) is 6.10 Å². The molecule has 0 bridgehead atoms. The first-order valence-corrected chi connectivity index (χ1v) is 6.94. The lowest BCUT2D eigenvalue weighted by Gasteiger charge is -2.19. The summed E-state index contributed by atoms with van der Waals surface area (Å²) in [6.07, 6.45) is 0.0309. The summed E-state index contributed by atoms with van der Waals surface area (Å²) in [4.78, 5) is 0.504. The number of nitrogens with two attached hydrogens (primary N) is 1. The van der Waals surface area contributed by atoms with Crippen molar-refractivity contribution >= 4 is 22.0 Å². The van der Waals surface area contributed by atoms with Crippen molar-refractivity contribution in [2.75, 3.05) is 11.1 Å². The van der Waals surface area contributed by atoms with Crippen molar-refractivity contribution in [3.8, 4) is 11.8 Å². The molecule has 0 aliphatic rings. The van der Waals surface area contributed by atoms with Gasteiger partial charge in [0.1, 0.15) is 21.6 Å². The molecule has 0 saturated carbocycles. The van der Waals surface area contributed by atoms with Gasteiger partial charge in [-0.1, -0.05) is 13.8 Å². The van der Waals surface area contributed by atoms with E-state index in [0.29, 0.717) is 28.3 Å². The summed E-state index contributed by atoms with van der Waals surface area (Å²) in [6.45, 7) is 10.3. The summed E-state index contributed by atoms with van der Waals surface area (Å²) in [7, 11) is 0. The van der Waals surface area contributed by atoms with Crippen LogP contribution < -0.4 is 15.8 Å². The van der Waals surface area contributed by atoms with Gasteiger partial charge in [0, 0.05) is 6.04 Å². The van der Waals surface area contributed by atoms with Gasteiger partial charge < -0.3 is 15.8 Å². The van der Waals surface area contributed by atoms with Crippen LogP contribution in [0.25, 0.3) is 0 Å². The standard InChI is InChI=1S/C13H21N3OS/c1-7(2)9(5)16-13-12(17-8(3)4)11(15)10(6-14)18-13/h7-9,16H,15H2,1-5H3. The van der Waals surface area contributed by atoms with Crippen LogP contribution in [0.5, 0.6) is 5.75 Å². The molecule has 1 aromatic heterocycles. The fraction of sp³-hybridized carbons (Fsp3) is 0.615. The van der Waals surface area contributed by atoms with Crippen LogP contribution >= 0.6 is 11.3 Å². The second-order valence-corrected chi connectivity index (χ2v) is 5.98. The van der Waals surface area contributed by atoms with Crippen molar-refractivity contribution in [2.24, 2.45) is 5.92 Å². The number of nitrogens with one attached hydrogen (secondary N) is 1. The van der Waals surface area contributed by atoms with Crippen LogP contribution in [0.2, 0.25) is 0 Å². The highest BCUT2D eigenvalue weighted by molar-refractivity contribution is 7.17. The highest BCUT2D eigenvalue weighted by Gasteiger charge is 2.20.